The third-order valence-electron chi connectivity index (χ3n) is 2.25. The highest BCUT2D eigenvalue weighted by Crippen LogP contribution is 2.36. The van der Waals surface area contributed by atoms with E-state index in [9.17, 15) is 9.59 Å². The minimum absolute atomic E-state index is 0.167. The van der Waals surface area contributed by atoms with Gasteiger partial charge in [0.15, 0.2) is 0 Å². The zero-order valence-corrected chi connectivity index (χ0v) is 8.78. The fourth-order valence-electron chi connectivity index (χ4n) is 1.59. The van der Waals surface area contributed by atoms with E-state index in [4.69, 9.17) is 16.3 Å². The summed E-state index contributed by atoms with van der Waals surface area (Å²) in [6, 6.07) is 0. The van der Waals surface area contributed by atoms with Crippen LogP contribution in [0, 0.1) is 0 Å². The van der Waals surface area contributed by atoms with Crippen LogP contribution in [0.2, 0.25) is 0 Å². The standard InChI is InChI=1S/C10H9ClO4/c1-2-14-10(13)9(12)7-5-3-4-6(15-5)8(7)11/h3-6H,2H2,1H3. The van der Waals surface area contributed by atoms with E-state index in [1.54, 1.807) is 19.1 Å². The van der Waals surface area contributed by atoms with Crippen molar-refractivity contribution in [2.24, 2.45) is 0 Å². The van der Waals surface area contributed by atoms with Gasteiger partial charge >= 0.3 is 5.97 Å². The normalized spacial score (nSPS) is 27.3. The summed E-state index contributed by atoms with van der Waals surface area (Å²) in [5, 5.41) is 0.292. The van der Waals surface area contributed by atoms with Gasteiger partial charge in [-0.1, -0.05) is 23.8 Å². The molecule has 4 nitrogen and oxygen atoms in total. The van der Waals surface area contributed by atoms with E-state index in [2.05, 4.69) is 4.74 Å². The summed E-state index contributed by atoms with van der Waals surface area (Å²) < 4.78 is 9.91. The molecule has 5 heteroatoms. The SMILES string of the molecule is CCOC(=O)C(=O)C1=C(Cl)C2C=CC1O2. The van der Waals surface area contributed by atoms with Gasteiger partial charge in [-0.15, -0.1) is 0 Å². The lowest BCUT2D eigenvalue weighted by molar-refractivity contribution is -0.152. The van der Waals surface area contributed by atoms with Gasteiger partial charge < -0.3 is 9.47 Å². The molecule has 2 aliphatic heterocycles. The Hall–Kier alpha value is -1.13. The van der Waals surface area contributed by atoms with E-state index >= 15 is 0 Å². The quantitative estimate of drug-likeness (QED) is 0.410. The summed E-state index contributed by atoms with van der Waals surface area (Å²) in [6.07, 6.45) is 2.61. The molecule has 0 aromatic heterocycles. The molecule has 0 saturated heterocycles. The fraction of sp³-hybridized carbons (Fsp3) is 0.400. The van der Waals surface area contributed by atoms with Crippen molar-refractivity contribution in [3.63, 3.8) is 0 Å². The fourth-order valence-corrected chi connectivity index (χ4v) is 1.91. The molecular formula is C10H9ClO4. The minimum atomic E-state index is -0.879. The van der Waals surface area contributed by atoms with Gasteiger partial charge in [-0.25, -0.2) is 4.79 Å². The zero-order chi connectivity index (χ0) is 11.0. The summed E-state index contributed by atoms with van der Waals surface area (Å²) in [6.45, 7) is 1.80. The number of rotatable bonds is 3. The number of carbonyl (C=O) groups excluding carboxylic acids is 2. The van der Waals surface area contributed by atoms with E-state index in [0.717, 1.165) is 0 Å². The smallest absolute Gasteiger partial charge is 0.379 e. The highest BCUT2D eigenvalue weighted by Gasteiger charge is 2.41. The van der Waals surface area contributed by atoms with Crippen molar-refractivity contribution in [2.45, 2.75) is 19.1 Å². The van der Waals surface area contributed by atoms with Crippen molar-refractivity contribution >= 4 is 23.4 Å². The Bertz CT molecular complexity index is 383. The monoisotopic (exact) mass is 228 g/mol. The van der Waals surface area contributed by atoms with Crippen LogP contribution in [0.15, 0.2) is 22.8 Å². The molecule has 0 aromatic rings. The Kier molecular flexibility index (Phi) is 2.63. The maximum atomic E-state index is 11.6. The van der Waals surface area contributed by atoms with Crippen LogP contribution in [0.3, 0.4) is 0 Å². The molecule has 2 rings (SSSR count). The highest BCUT2D eigenvalue weighted by atomic mass is 35.5. The molecule has 2 heterocycles. The van der Waals surface area contributed by atoms with Crippen molar-refractivity contribution in [3.05, 3.63) is 22.8 Å². The third-order valence-corrected chi connectivity index (χ3v) is 2.67. The molecule has 2 aliphatic rings. The molecular weight excluding hydrogens is 220 g/mol. The second-order valence-electron chi connectivity index (χ2n) is 3.17. The molecule has 0 saturated carbocycles. The molecule has 2 bridgehead atoms. The van der Waals surface area contributed by atoms with Crippen LogP contribution in [0.25, 0.3) is 0 Å². The molecule has 0 aliphatic carbocycles. The van der Waals surface area contributed by atoms with Crippen LogP contribution in [0.5, 0.6) is 0 Å². The number of Topliss-reactive ketones (excluding diaryl/α,β-unsaturated/α-hetero) is 1. The lowest BCUT2D eigenvalue weighted by Crippen LogP contribution is -2.24. The van der Waals surface area contributed by atoms with Crippen molar-refractivity contribution in [1.82, 2.24) is 0 Å². The lowest BCUT2D eigenvalue weighted by atomic mass is 10.0. The summed E-state index contributed by atoms with van der Waals surface area (Å²) in [5.41, 5.74) is 0.211. The number of hydrogen-bond acceptors (Lipinski definition) is 4. The van der Waals surface area contributed by atoms with Gasteiger partial charge in [-0.05, 0) is 6.92 Å². The number of fused-ring (bicyclic) bond motifs is 2. The van der Waals surface area contributed by atoms with Crippen LogP contribution in [0.1, 0.15) is 6.92 Å². The first-order valence-corrected chi connectivity index (χ1v) is 4.97. The summed E-state index contributed by atoms with van der Waals surface area (Å²) in [4.78, 5) is 22.8. The molecule has 2 atom stereocenters. The van der Waals surface area contributed by atoms with Gasteiger partial charge in [-0.2, -0.15) is 0 Å². The van der Waals surface area contributed by atoms with Crippen LogP contribution >= 0.6 is 11.6 Å². The molecule has 15 heavy (non-hydrogen) atoms. The Morgan fingerprint density at radius 3 is 2.67 bits per heavy atom. The van der Waals surface area contributed by atoms with Crippen molar-refractivity contribution in [2.75, 3.05) is 6.61 Å². The van der Waals surface area contributed by atoms with Gasteiger partial charge in [0.2, 0.25) is 0 Å². The third kappa shape index (κ3) is 1.60. The van der Waals surface area contributed by atoms with E-state index in [0.29, 0.717) is 5.03 Å². The number of halogens is 1. The first-order valence-electron chi connectivity index (χ1n) is 4.60. The number of carbonyl (C=O) groups is 2. The summed E-state index contributed by atoms with van der Waals surface area (Å²) in [5.74, 6) is -1.59. The Morgan fingerprint density at radius 1 is 1.47 bits per heavy atom. The molecule has 0 aromatic carbocycles. The average molecular weight is 229 g/mol. The molecule has 0 spiro atoms. The average Bonchev–Trinajstić information content (AvgIpc) is 2.77. The molecule has 0 fully saturated rings. The Balaban J connectivity index is 2.19. The van der Waals surface area contributed by atoms with Gasteiger partial charge in [0.1, 0.15) is 12.2 Å². The maximum Gasteiger partial charge on any atom is 0.379 e. The minimum Gasteiger partial charge on any atom is -0.460 e. The molecule has 0 radical (unpaired) electrons. The van der Waals surface area contributed by atoms with Crippen LogP contribution in [-0.2, 0) is 19.1 Å². The zero-order valence-electron chi connectivity index (χ0n) is 8.03. The molecule has 0 N–H and O–H groups in total. The van der Waals surface area contributed by atoms with E-state index in [-0.39, 0.29) is 18.3 Å². The number of esters is 1. The van der Waals surface area contributed by atoms with Crippen LogP contribution in [-0.4, -0.2) is 30.6 Å². The van der Waals surface area contributed by atoms with Crippen molar-refractivity contribution in [3.8, 4) is 0 Å². The van der Waals surface area contributed by atoms with Crippen molar-refractivity contribution < 1.29 is 19.1 Å². The van der Waals surface area contributed by atoms with Gasteiger partial charge in [0.25, 0.3) is 5.78 Å². The summed E-state index contributed by atoms with van der Waals surface area (Å²) in [7, 11) is 0. The molecule has 2 unspecified atom stereocenters. The van der Waals surface area contributed by atoms with Gasteiger partial charge in [0.05, 0.1) is 17.2 Å². The number of ether oxygens (including phenoxy) is 2. The highest BCUT2D eigenvalue weighted by molar-refractivity contribution is 6.45. The lowest BCUT2D eigenvalue weighted by Gasteiger charge is -2.07. The van der Waals surface area contributed by atoms with Gasteiger partial charge in [0, 0.05) is 0 Å². The molecule has 80 valence electrons. The van der Waals surface area contributed by atoms with E-state index < -0.39 is 17.9 Å². The van der Waals surface area contributed by atoms with Gasteiger partial charge in [-0.3, -0.25) is 4.79 Å². The van der Waals surface area contributed by atoms with Crippen molar-refractivity contribution in [1.29, 1.82) is 0 Å². The van der Waals surface area contributed by atoms with Crippen LogP contribution < -0.4 is 0 Å². The Labute approximate surface area is 91.5 Å². The predicted molar refractivity (Wildman–Crippen MR) is 52.3 cm³/mol. The number of ketones is 1. The second-order valence-corrected chi connectivity index (χ2v) is 3.58. The Morgan fingerprint density at radius 2 is 2.13 bits per heavy atom. The first kappa shape index (κ1) is 10.4. The first-order chi connectivity index (χ1) is 7.15. The largest absolute Gasteiger partial charge is 0.460 e. The second kappa shape index (κ2) is 3.79. The predicted octanol–water partition coefficient (Wildman–Crippen LogP) is 0.949. The van der Waals surface area contributed by atoms with E-state index in [1.807, 2.05) is 0 Å². The molecule has 0 amide bonds. The summed E-state index contributed by atoms with van der Waals surface area (Å²) >= 11 is 5.89. The number of hydrogen-bond donors (Lipinski definition) is 0. The maximum absolute atomic E-state index is 11.6. The topological polar surface area (TPSA) is 52.6 Å². The van der Waals surface area contributed by atoms with Crippen LogP contribution in [0.4, 0.5) is 0 Å². The van der Waals surface area contributed by atoms with E-state index in [1.165, 1.54) is 0 Å².